The minimum absolute atomic E-state index is 0.151. The van der Waals surface area contributed by atoms with E-state index in [1.165, 1.54) is 0 Å². The number of hydrogen-bond acceptors (Lipinski definition) is 5. The lowest BCUT2D eigenvalue weighted by molar-refractivity contribution is -0.137. The van der Waals surface area contributed by atoms with Crippen LogP contribution in [0.1, 0.15) is 12.8 Å². The lowest BCUT2D eigenvalue weighted by Gasteiger charge is -2.08. The number of amides is 2. The Morgan fingerprint density at radius 2 is 1.70 bits per heavy atom. The van der Waals surface area contributed by atoms with Crippen LogP contribution >= 0.6 is 7.82 Å². The molecule has 0 aliphatic rings. The quantitative estimate of drug-likeness (QED) is 0.192. The normalized spacial score (nSPS) is 10.7. The van der Waals surface area contributed by atoms with Crippen LogP contribution in [0.3, 0.4) is 0 Å². The van der Waals surface area contributed by atoms with Crippen molar-refractivity contribution in [1.29, 1.82) is 0 Å². The third-order valence-corrected chi connectivity index (χ3v) is 2.40. The number of ether oxygens (including phenoxy) is 1. The highest BCUT2D eigenvalue weighted by Crippen LogP contribution is 2.35. The molecular formula is C10H19N2O7P. The van der Waals surface area contributed by atoms with Crippen LogP contribution in [0.5, 0.6) is 0 Å². The summed E-state index contributed by atoms with van der Waals surface area (Å²) in [6.45, 7) is 3.82. The lowest BCUT2D eigenvalue weighted by atomic mass is 10.4. The van der Waals surface area contributed by atoms with Crippen LogP contribution < -0.4 is 10.6 Å². The topological polar surface area (TPSA) is 134 Å². The second-order valence-electron chi connectivity index (χ2n) is 3.59. The summed E-state index contributed by atoms with van der Waals surface area (Å²) < 4.78 is 19.2. The van der Waals surface area contributed by atoms with E-state index in [0.29, 0.717) is 13.0 Å². The van der Waals surface area contributed by atoms with E-state index < -0.39 is 19.8 Å². The maximum Gasteiger partial charge on any atom is 0.469 e. The monoisotopic (exact) mass is 310 g/mol. The molecule has 0 aliphatic heterocycles. The first-order valence-electron chi connectivity index (χ1n) is 5.86. The minimum Gasteiger partial charge on any atom is -0.462 e. The van der Waals surface area contributed by atoms with E-state index in [-0.39, 0.29) is 26.2 Å². The van der Waals surface area contributed by atoms with Crippen molar-refractivity contribution in [3.05, 3.63) is 12.7 Å². The molecule has 0 atom stereocenters. The Morgan fingerprint density at radius 1 is 1.15 bits per heavy atom. The van der Waals surface area contributed by atoms with Crippen LogP contribution in [-0.2, 0) is 18.6 Å². The molecule has 0 aromatic heterocycles. The molecule has 116 valence electrons. The van der Waals surface area contributed by atoms with Crippen LogP contribution in [0, 0.1) is 0 Å². The minimum atomic E-state index is -4.44. The number of esters is 1. The summed E-state index contributed by atoms with van der Waals surface area (Å²) >= 11 is 0. The van der Waals surface area contributed by atoms with Crippen molar-refractivity contribution in [2.45, 2.75) is 12.8 Å². The zero-order valence-corrected chi connectivity index (χ0v) is 11.8. The molecular weight excluding hydrogens is 291 g/mol. The van der Waals surface area contributed by atoms with Gasteiger partial charge in [-0.3, -0.25) is 4.52 Å². The molecule has 0 heterocycles. The zero-order valence-electron chi connectivity index (χ0n) is 10.9. The largest absolute Gasteiger partial charge is 0.469 e. The smallest absolute Gasteiger partial charge is 0.462 e. The number of rotatable bonds is 10. The van der Waals surface area contributed by atoms with Gasteiger partial charge in [-0.15, -0.1) is 0 Å². The second kappa shape index (κ2) is 10.4. The van der Waals surface area contributed by atoms with E-state index in [2.05, 4.69) is 21.7 Å². The molecule has 4 N–H and O–H groups in total. The summed E-state index contributed by atoms with van der Waals surface area (Å²) in [5.74, 6) is -0.514. The molecule has 0 unspecified atom stereocenters. The van der Waals surface area contributed by atoms with Gasteiger partial charge in [0.2, 0.25) is 0 Å². The van der Waals surface area contributed by atoms with Gasteiger partial charge in [-0.2, -0.15) is 0 Å². The Bertz CT molecular complexity index is 369. The molecule has 9 nitrogen and oxygen atoms in total. The predicted octanol–water partition coefficient (Wildman–Crippen LogP) is -0.0957. The predicted molar refractivity (Wildman–Crippen MR) is 69.8 cm³/mol. The Labute approximate surface area is 116 Å². The first-order chi connectivity index (χ1) is 9.35. The summed E-state index contributed by atoms with van der Waals surface area (Å²) in [4.78, 5) is 38.7. The summed E-state index contributed by atoms with van der Waals surface area (Å²) in [6, 6.07) is -0.420. The van der Waals surface area contributed by atoms with Gasteiger partial charge in [0.25, 0.3) is 0 Å². The van der Waals surface area contributed by atoms with Crippen molar-refractivity contribution in [1.82, 2.24) is 10.6 Å². The van der Waals surface area contributed by atoms with Gasteiger partial charge in [0.1, 0.15) is 0 Å². The molecule has 0 spiro atoms. The average Bonchev–Trinajstić information content (AvgIpc) is 2.36. The van der Waals surface area contributed by atoms with E-state index in [0.717, 1.165) is 6.08 Å². The fraction of sp³-hybridized carbons (Fsp3) is 0.600. The number of hydrogen-bond donors (Lipinski definition) is 4. The maximum absolute atomic E-state index is 11.2. The Kier molecular flexibility index (Phi) is 9.65. The Balaban J connectivity index is 3.39. The molecule has 20 heavy (non-hydrogen) atoms. The number of phosphoric acid groups is 1. The number of urea groups is 1. The van der Waals surface area contributed by atoms with Crippen LogP contribution in [0.15, 0.2) is 12.7 Å². The molecule has 0 radical (unpaired) electrons. The summed E-state index contributed by atoms with van der Waals surface area (Å²) in [6.07, 6.45) is 1.80. The first-order valence-corrected chi connectivity index (χ1v) is 7.39. The van der Waals surface area contributed by atoms with E-state index in [1.807, 2.05) is 0 Å². The average molecular weight is 310 g/mol. The third kappa shape index (κ3) is 13.0. The van der Waals surface area contributed by atoms with E-state index >= 15 is 0 Å². The lowest BCUT2D eigenvalue weighted by Crippen LogP contribution is -2.37. The summed E-state index contributed by atoms with van der Waals surface area (Å²) in [5.41, 5.74) is 0. The van der Waals surface area contributed by atoms with Crippen LogP contribution in [0.25, 0.3) is 0 Å². The Hall–Kier alpha value is -1.41. The number of phosphoric ester groups is 1. The van der Waals surface area contributed by atoms with E-state index in [4.69, 9.17) is 14.5 Å². The van der Waals surface area contributed by atoms with Crippen molar-refractivity contribution in [3.8, 4) is 0 Å². The van der Waals surface area contributed by atoms with Crippen molar-refractivity contribution in [2.24, 2.45) is 0 Å². The van der Waals surface area contributed by atoms with Crippen molar-refractivity contribution >= 4 is 19.8 Å². The molecule has 0 rings (SSSR count). The van der Waals surface area contributed by atoms with Gasteiger partial charge >= 0.3 is 19.8 Å². The molecule has 0 saturated heterocycles. The molecule has 0 bridgehead atoms. The molecule has 0 aromatic carbocycles. The molecule has 0 saturated carbocycles. The molecule has 10 heteroatoms. The SMILES string of the molecule is C=CC(=O)OCCCNC(=O)NCCCOP(=O)(O)O. The third-order valence-electron chi connectivity index (χ3n) is 1.88. The Morgan fingerprint density at radius 3 is 2.20 bits per heavy atom. The zero-order chi connectivity index (χ0) is 15.4. The highest BCUT2D eigenvalue weighted by atomic mass is 31.2. The number of carbonyl (C=O) groups excluding carboxylic acids is 2. The molecule has 0 aliphatic carbocycles. The van der Waals surface area contributed by atoms with Crippen molar-refractivity contribution in [2.75, 3.05) is 26.3 Å². The van der Waals surface area contributed by atoms with Gasteiger partial charge in [0.15, 0.2) is 0 Å². The van der Waals surface area contributed by atoms with E-state index in [9.17, 15) is 14.2 Å². The number of carbonyl (C=O) groups is 2. The van der Waals surface area contributed by atoms with Crippen LogP contribution in [0.4, 0.5) is 4.79 Å². The van der Waals surface area contributed by atoms with Crippen LogP contribution in [-0.4, -0.2) is 48.1 Å². The fourth-order valence-corrected chi connectivity index (χ4v) is 1.39. The summed E-state index contributed by atoms with van der Waals surface area (Å²) in [5, 5.41) is 4.99. The van der Waals surface area contributed by atoms with Gasteiger partial charge in [-0.1, -0.05) is 6.58 Å². The van der Waals surface area contributed by atoms with Crippen LogP contribution in [0.2, 0.25) is 0 Å². The maximum atomic E-state index is 11.2. The van der Waals surface area contributed by atoms with Gasteiger partial charge in [0.05, 0.1) is 13.2 Å². The molecule has 0 fully saturated rings. The van der Waals surface area contributed by atoms with Gasteiger partial charge in [-0.25, -0.2) is 14.2 Å². The standard InChI is InChI=1S/C10H19N2O7P/c1-2-9(13)18-7-3-5-11-10(14)12-6-4-8-19-20(15,16)17/h2H,1,3-8H2,(H2,11,12,14)(H2,15,16,17). The fourth-order valence-electron chi connectivity index (χ4n) is 1.03. The molecule has 2 amide bonds. The molecule has 0 aromatic rings. The van der Waals surface area contributed by atoms with Crippen molar-refractivity contribution < 1.29 is 33.2 Å². The van der Waals surface area contributed by atoms with E-state index in [1.54, 1.807) is 0 Å². The summed E-state index contributed by atoms with van der Waals surface area (Å²) in [7, 11) is -4.44. The second-order valence-corrected chi connectivity index (χ2v) is 4.82. The van der Waals surface area contributed by atoms with Gasteiger partial charge < -0.3 is 25.2 Å². The van der Waals surface area contributed by atoms with Gasteiger partial charge in [0, 0.05) is 19.2 Å². The van der Waals surface area contributed by atoms with Crippen molar-refractivity contribution in [3.63, 3.8) is 0 Å². The van der Waals surface area contributed by atoms with Gasteiger partial charge in [-0.05, 0) is 12.8 Å². The first kappa shape index (κ1) is 18.6. The highest BCUT2D eigenvalue weighted by molar-refractivity contribution is 7.46. The number of nitrogens with one attached hydrogen (secondary N) is 2. The highest BCUT2D eigenvalue weighted by Gasteiger charge is 2.12.